The van der Waals surface area contributed by atoms with Crippen LogP contribution in [0.15, 0.2) is 22.8 Å². The zero-order valence-corrected chi connectivity index (χ0v) is 14.0. The van der Waals surface area contributed by atoms with Crippen molar-refractivity contribution in [1.82, 2.24) is 15.5 Å². The van der Waals surface area contributed by atoms with E-state index < -0.39 is 0 Å². The molecule has 6 heteroatoms. The van der Waals surface area contributed by atoms with Gasteiger partial charge in [-0.1, -0.05) is 13.3 Å². The molecule has 130 valence electrons. The summed E-state index contributed by atoms with van der Waals surface area (Å²) in [5.41, 5.74) is 0. The van der Waals surface area contributed by atoms with Crippen LogP contribution in [-0.4, -0.2) is 48.3 Å². The van der Waals surface area contributed by atoms with Crippen LogP contribution in [0.2, 0.25) is 0 Å². The van der Waals surface area contributed by atoms with Gasteiger partial charge in [0.1, 0.15) is 5.76 Å². The number of aliphatic hydroxyl groups is 1. The van der Waals surface area contributed by atoms with E-state index in [1.54, 1.807) is 6.26 Å². The summed E-state index contributed by atoms with van der Waals surface area (Å²) in [6, 6.07) is 3.77. The number of urea groups is 1. The lowest BCUT2D eigenvalue weighted by molar-refractivity contribution is 0.143. The average molecular weight is 323 g/mol. The molecular weight excluding hydrogens is 294 g/mol. The third-order valence-electron chi connectivity index (χ3n) is 4.46. The van der Waals surface area contributed by atoms with Crippen molar-refractivity contribution >= 4 is 6.03 Å². The molecule has 2 unspecified atom stereocenters. The number of hydrogen-bond acceptors (Lipinski definition) is 4. The van der Waals surface area contributed by atoms with Crippen LogP contribution in [0.4, 0.5) is 4.79 Å². The molecular formula is C17H29N3O3. The number of carbonyl (C=O) groups excluding carboxylic acids is 1. The first-order valence-corrected chi connectivity index (χ1v) is 8.67. The number of nitrogens with zero attached hydrogens (tertiary/aromatic N) is 1. The summed E-state index contributed by atoms with van der Waals surface area (Å²) < 4.78 is 5.58. The lowest BCUT2D eigenvalue weighted by atomic mass is 10.1. The highest BCUT2D eigenvalue weighted by molar-refractivity contribution is 5.74. The topological polar surface area (TPSA) is 77.7 Å². The standard InChI is InChI=1S/C17H29N3O3/c1-2-14(8-11-21)19-17(22)18-13-15(16-7-6-12-23-16)20-9-4-3-5-10-20/h6-7,12,14-15,21H,2-5,8-11,13H2,1H3,(H2,18,19,22). The van der Waals surface area contributed by atoms with Crippen LogP contribution in [-0.2, 0) is 0 Å². The van der Waals surface area contributed by atoms with Gasteiger partial charge in [-0.2, -0.15) is 0 Å². The number of rotatable bonds is 8. The highest BCUT2D eigenvalue weighted by Gasteiger charge is 2.25. The number of nitrogens with one attached hydrogen (secondary N) is 2. The molecule has 0 aromatic carbocycles. The second kappa shape index (κ2) is 9.57. The van der Waals surface area contributed by atoms with Crippen molar-refractivity contribution in [2.45, 2.75) is 51.1 Å². The van der Waals surface area contributed by atoms with Gasteiger partial charge < -0.3 is 20.2 Å². The molecule has 0 bridgehead atoms. The molecule has 1 aromatic heterocycles. The Morgan fingerprint density at radius 1 is 1.39 bits per heavy atom. The monoisotopic (exact) mass is 323 g/mol. The molecule has 1 aromatic rings. The summed E-state index contributed by atoms with van der Waals surface area (Å²) in [5, 5.41) is 14.9. The predicted octanol–water partition coefficient (Wildman–Crippen LogP) is 2.27. The number of aliphatic hydroxyl groups excluding tert-OH is 1. The molecule has 2 atom stereocenters. The van der Waals surface area contributed by atoms with Gasteiger partial charge in [-0.3, -0.25) is 4.90 Å². The number of carbonyl (C=O) groups is 1. The molecule has 6 nitrogen and oxygen atoms in total. The van der Waals surface area contributed by atoms with Gasteiger partial charge in [0.2, 0.25) is 0 Å². The van der Waals surface area contributed by atoms with Crippen LogP contribution in [0.1, 0.15) is 50.8 Å². The fourth-order valence-corrected chi connectivity index (χ4v) is 3.08. The first-order valence-electron chi connectivity index (χ1n) is 8.67. The van der Waals surface area contributed by atoms with E-state index in [9.17, 15) is 4.79 Å². The van der Waals surface area contributed by atoms with E-state index in [4.69, 9.17) is 9.52 Å². The van der Waals surface area contributed by atoms with Crippen LogP contribution in [0.25, 0.3) is 0 Å². The second-order valence-electron chi connectivity index (χ2n) is 6.10. The molecule has 2 amide bonds. The van der Waals surface area contributed by atoms with Gasteiger partial charge in [0.05, 0.1) is 12.3 Å². The second-order valence-corrected chi connectivity index (χ2v) is 6.10. The minimum absolute atomic E-state index is 0.0112. The van der Waals surface area contributed by atoms with Crippen LogP contribution < -0.4 is 10.6 Å². The van der Waals surface area contributed by atoms with Gasteiger partial charge in [-0.25, -0.2) is 4.79 Å². The fraction of sp³-hybridized carbons (Fsp3) is 0.706. The zero-order chi connectivity index (χ0) is 16.5. The first-order chi connectivity index (χ1) is 11.2. The van der Waals surface area contributed by atoms with Crippen LogP contribution in [0, 0.1) is 0 Å². The molecule has 0 spiro atoms. The van der Waals surface area contributed by atoms with Gasteiger partial charge >= 0.3 is 6.03 Å². The van der Waals surface area contributed by atoms with Crippen molar-refractivity contribution in [2.24, 2.45) is 0 Å². The van der Waals surface area contributed by atoms with Gasteiger partial charge in [0.15, 0.2) is 0 Å². The molecule has 0 aliphatic carbocycles. The third-order valence-corrected chi connectivity index (χ3v) is 4.46. The Kier molecular flexibility index (Phi) is 7.42. The molecule has 2 heterocycles. The molecule has 2 rings (SSSR count). The summed E-state index contributed by atoms with van der Waals surface area (Å²) in [7, 11) is 0. The van der Waals surface area contributed by atoms with E-state index in [1.165, 1.54) is 19.3 Å². The number of likely N-dealkylation sites (tertiary alicyclic amines) is 1. The van der Waals surface area contributed by atoms with E-state index in [2.05, 4.69) is 15.5 Å². The minimum atomic E-state index is -0.182. The summed E-state index contributed by atoms with van der Waals surface area (Å²) >= 11 is 0. The zero-order valence-electron chi connectivity index (χ0n) is 14.0. The number of furan rings is 1. The van der Waals surface area contributed by atoms with E-state index in [0.29, 0.717) is 13.0 Å². The molecule has 1 aliphatic rings. The van der Waals surface area contributed by atoms with Crippen LogP contribution in [0.3, 0.4) is 0 Å². The average Bonchev–Trinajstić information content (AvgIpc) is 3.10. The summed E-state index contributed by atoms with van der Waals surface area (Å²) in [6.45, 7) is 4.68. The van der Waals surface area contributed by atoms with Crippen molar-refractivity contribution in [2.75, 3.05) is 26.2 Å². The maximum absolute atomic E-state index is 12.1. The van der Waals surface area contributed by atoms with E-state index in [0.717, 1.165) is 25.3 Å². The molecule has 1 fully saturated rings. The lowest BCUT2D eigenvalue weighted by Gasteiger charge is -2.33. The quantitative estimate of drug-likeness (QED) is 0.686. The maximum Gasteiger partial charge on any atom is 0.315 e. The number of hydrogen-bond donors (Lipinski definition) is 3. The Morgan fingerprint density at radius 2 is 2.17 bits per heavy atom. The van der Waals surface area contributed by atoms with E-state index in [1.807, 2.05) is 19.1 Å². The number of amides is 2. The molecule has 0 saturated carbocycles. The Labute approximate surface area is 138 Å². The minimum Gasteiger partial charge on any atom is -0.468 e. The van der Waals surface area contributed by atoms with Gasteiger partial charge in [-0.15, -0.1) is 0 Å². The van der Waals surface area contributed by atoms with Crippen molar-refractivity contribution in [3.05, 3.63) is 24.2 Å². The first kappa shape index (κ1) is 17.8. The third kappa shape index (κ3) is 5.55. The SMILES string of the molecule is CCC(CCO)NC(=O)NCC(c1ccco1)N1CCCCC1. The maximum atomic E-state index is 12.1. The van der Waals surface area contributed by atoms with Gasteiger partial charge in [-0.05, 0) is 50.9 Å². The highest BCUT2D eigenvalue weighted by Crippen LogP contribution is 2.24. The van der Waals surface area contributed by atoms with Crippen molar-refractivity contribution < 1.29 is 14.3 Å². The van der Waals surface area contributed by atoms with Gasteiger partial charge in [0, 0.05) is 19.2 Å². The summed E-state index contributed by atoms with van der Waals surface area (Å²) in [6.07, 6.45) is 6.73. The lowest BCUT2D eigenvalue weighted by Crippen LogP contribution is -2.46. The molecule has 23 heavy (non-hydrogen) atoms. The van der Waals surface area contributed by atoms with E-state index >= 15 is 0 Å². The Balaban J connectivity index is 1.89. The highest BCUT2D eigenvalue weighted by atomic mass is 16.3. The largest absolute Gasteiger partial charge is 0.468 e. The van der Waals surface area contributed by atoms with Crippen molar-refractivity contribution in [3.8, 4) is 0 Å². The molecule has 1 saturated heterocycles. The Morgan fingerprint density at radius 3 is 2.78 bits per heavy atom. The summed E-state index contributed by atoms with van der Waals surface area (Å²) in [5.74, 6) is 0.898. The van der Waals surface area contributed by atoms with Crippen molar-refractivity contribution in [1.29, 1.82) is 0 Å². The Bertz CT molecular complexity index is 444. The normalized spacial score (nSPS) is 18.3. The Hall–Kier alpha value is -1.53. The predicted molar refractivity (Wildman–Crippen MR) is 89.2 cm³/mol. The van der Waals surface area contributed by atoms with Crippen LogP contribution in [0.5, 0.6) is 0 Å². The molecule has 1 aliphatic heterocycles. The van der Waals surface area contributed by atoms with Crippen molar-refractivity contribution in [3.63, 3.8) is 0 Å². The number of piperidine rings is 1. The fourth-order valence-electron chi connectivity index (χ4n) is 3.08. The van der Waals surface area contributed by atoms with Crippen LogP contribution >= 0.6 is 0 Å². The summed E-state index contributed by atoms with van der Waals surface area (Å²) in [4.78, 5) is 14.5. The molecule has 0 radical (unpaired) electrons. The smallest absolute Gasteiger partial charge is 0.315 e. The van der Waals surface area contributed by atoms with E-state index in [-0.39, 0.29) is 24.7 Å². The van der Waals surface area contributed by atoms with Gasteiger partial charge in [0.25, 0.3) is 0 Å². The molecule has 3 N–H and O–H groups in total.